The molecule has 18 heavy (non-hydrogen) atoms. The van der Waals surface area contributed by atoms with Crippen molar-refractivity contribution < 1.29 is 14.7 Å². The molecular formula is C13H14ClNO3. The number of carbonyl (C=O) groups is 2. The van der Waals surface area contributed by atoms with Crippen LogP contribution in [0.2, 0.25) is 5.02 Å². The van der Waals surface area contributed by atoms with Crippen LogP contribution in [0, 0.1) is 5.92 Å². The van der Waals surface area contributed by atoms with Crippen LogP contribution in [0.15, 0.2) is 24.3 Å². The maximum Gasteiger partial charge on any atom is 0.308 e. The lowest BCUT2D eigenvalue weighted by Crippen LogP contribution is -2.42. The molecule has 4 nitrogen and oxygen atoms in total. The number of rotatable bonds is 2. The summed E-state index contributed by atoms with van der Waals surface area (Å²) in [6.45, 7) is 0.905. The molecule has 1 saturated heterocycles. The second-order valence-corrected chi connectivity index (χ2v) is 4.87. The molecule has 1 aromatic rings. The van der Waals surface area contributed by atoms with E-state index in [1.165, 1.54) is 0 Å². The highest BCUT2D eigenvalue weighted by Crippen LogP contribution is 2.19. The molecule has 0 bridgehead atoms. The lowest BCUT2D eigenvalue weighted by Gasteiger charge is -2.30. The molecule has 0 unspecified atom stereocenters. The quantitative estimate of drug-likeness (QED) is 0.894. The van der Waals surface area contributed by atoms with Crippen LogP contribution < -0.4 is 0 Å². The molecule has 0 radical (unpaired) electrons. The van der Waals surface area contributed by atoms with Crippen LogP contribution in [0.1, 0.15) is 23.2 Å². The van der Waals surface area contributed by atoms with Gasteiger partial charge < -0.3 is 10.0 Å². The first kappa shape index (κ1) is 12.9. The normalized spacial score (nSPS) is 19.6. The smallest absolute Gasteiger partial charge is 0.308 e. The van der Waals surface area contributed by atoms with E-state index in [1.807, 2.05) is 0 Å². The van der Waals surface area contributed by atoms with E-state index in [2.05, 4.69) is 0 Å². The highest BCUT2D eigenvalue weighted by Gasteiger charge is 2.28. The fourth-order valence-electron chi connectivity index (χ4n) is 2.14. The third-order valence-electron chi connectivity index (χ3n) is 3.15. The molecule has 0 aliphatic carbocycles. The van der Waals surface area contributed by atoms with Crippen molar-refractivity contribution in [2.24, 2.45) is 5.92 Å². The number of likely N-dealkylation sites (tertiary alicyclic amines) is 1. The maximum absolute atomic E-state index is 12.2. The highest BCUT2D eigenvalue weighted by atomic mass is 35.5. The second kappa shape index (κ2) is 5.40. The molecule has 1 amide bonds. The van der Waals surface area contributed by atoms with Crippen molar-refractivity contribution in [3.05, 3.63) is 34.9 Å². The van der Waals surface area contributed by atoms with E-state index in [0.29, 0.717) is 23.6 Å². The SMILES string of the molecule is O=C(O)[C@H]1CCCN(C(=O)c2ccc(Cl)cc2)C1. The molecule has 1 N–H and O–H groups in total. The Bertz CT molecular complexity index is 458. The Hall–Kier alpha value is -1.55. The van der Waals surface area contributed by atoms with Crippen molar-refractivity contribution in [2.75, 3.05) is 13.1 Å². The zero-order valence-corrected chi connectivity index (χ0v) is 10.6. The first-order chi connectivity index (χ1) is 8.58. The van der Waals surface area contributed by atoms with E-state index in [4.69, 9.17) is 16.7 Å². The van der Waals surface area contributed by atoms with Crippen molar-refractivity contribution in [1.82, 2.24) is 4.90 Å². The minimum atomic E-state index is -0.830. The summed E-state index contributed by atoms with van der Waals surface area (Å²) in [5, 5.41) is 9.57. The third kappa shape index (κ3) is 2.82. The van der Waals surface area contributed by atoms with Gasteiger partial charge in [0.2, 0.25) is 0 Å². The number of aliphatic carboxylic acids is 1. The van der Waals surface area contributed by atoms with Gasteiger partial charge in [-0.3, -0.25) is 9.59 Å². The largest absolute Gasteiger partial charge is 0.481 e. The molecule has 96 valence electrons. The predicted octanol–water partition coefficient (Wildman–Crippen LogP) is 2.28. The van der Waals surface area contributed by atoms with Gasteiger partial charge in [-0.2, -0.15) is 0 Å². The summed E-state index contributed by atoms with van der Waals surface area (Å²) in [6.07, 6.45) is 1.37. The Morgan fingerprint density at radius 2 is 1.94 bits per heavy atom. The maximum atomic E-state index is 12.2. The van der Waals surface area contributed by atoms with E-state index in [9.17, 15) is 9.59 Å². The van der Waals surface area contributed by atoms with Crippen molar-refractivity contribution in [3.63, 3.8) is 0 Å². The summed E-state index contributed by atoms with van der Waals surface area (Å²) in [5.74, 6) is -1.41. The molecule has 1 aliphatic rings. The Morgan fingerprint density at radius 3 is 2.56 bits per heavy atom. The Balaban J connectivity index is 2.09. The third-order valence-corrected chi connectivity index (χ3v) is 3.40. The molecule has 1 fully saturated rings. The minimum Gasteiger partial charge on any atom is -0.481 e. The molecule has 5 heteroatoms. The molecule has 1 atom stereocenters. The van der Waals surface area contributed by atoms with Gasteiger partial charge in [0.1, 0.15) is 0 Å². The summed E-state index contributed by atoms with van der Waals surface area (Å²) < 4.78 is 0. The van der Waals surface area contributed by atoms with E-state index in [0.717, 1.165) is 6.42 Å². The number of carboxylic acids is 1. The summed E-state index contributed by atoms with van der Waals surface area (Å²) in [7, 11) is 0. The average molecular weight is 268 g/mol. The number of benzene rings is 1. The van der Waals surface area contributed by atoms with Gasteiger partial charge in [0.25, 0.3) is 5.91 Å². The number of nitrogens with zero attached hydrogens (tertiary/aromatic N) is 1. The zero-order valence-electron chi connectivity index (χ0n) is 9.80. The number of carboxylic acid groups (broad SMARTS) is 1. The van der Waals surface area contributed by atoms with E-state index in [1.54, 1.807) is 29.2 Å². The van der Waals surface area contributed by atoms with Crippen LogP contribution in [0.5, 0.6) is 0 Å². The van der Waals surface area contributed by atoms with Gasteiger partial charge in [-0.15, -0.1) is 0 Å². The summed E-state index contributed by atoms with van der Waals surface area (Å²) >= 11 is 5.76. The van der Waals surface area contributed by atoms with Crippen LogP contribution >= 0.6 is 11.6 Å². The van der Waals surface area contributed by atoms with Crippen LogP contribution in [0.4, 0.5) is 0 Å². The molecule has 0 spiro atoms. The molecular weight excluding hydrogens is 254 g/mol. The standard InChI is InChI=1S/C13H14ClNO3/c14-11-5-3-9(4-6-11)12(16)15-7-1-2-10(8-15)13(17)18/h3-6,10H,1-2,7-8H2,(H,17,18)/t10-/m0/s1. The lowest BCUT2D eigenvalue weighted by atomic mass is 9.97. The first-order valence-electron chi connectivity index (χ1n) is 5.85. The van der Waals surface area contributed by atoms with Crippen molar-refractivity contribution in [2.45, 2.75) is 12.8 Å². The zero-order chi connectivity index (χ0) is 13.1. The van der Waals surface area contributed by atoms with Crippen LogP contribution in [0.3, 0.4) is 0 Å². The van der Waals surface area contributed by atoms with Gasteiger partial charge in [-0.25, -0.2) is 0 Å². The van der Waals surface area contributed by atoms with E-state index < -0.39 is 11.9 Å². The molecule has 1 heterocycles. The molecule has 1 aromatic carbocycles. The van der Waals surface area contributed by atoms with E-state index in [-0.39, 0.29) is 12.5 Å². The van der Waals surface area contributed by atoms with Gasteiger partial charge in [-0.1, -0.05) is 11.6 Å². The Morgan fingerprint density at radius 1 is 1.28 bits per heavy atom. The number of hydrogen-bond acceptors (Lipinski definition) is 2. The van der Waals surface area contributed by atoms with Crippen molar-refractivity contribution in [3.8, 4) is 0 Å². The summed E-state index contributed by atoms with van der Waals surface area (Å²) in [6, 6.07) is 6.64. The average Bonchev–Trinajstić information content (AvgIpc) is 2.39. The molecule has 2 rings (SSSR count). The number of amides is 1. The van der Waals surface area contributed by atoms with Gasteiger partial charge >= 0.3 is 5.97 Å². The second-order valence-electron chi connectivity index (χ2n) is 4.44. The predicted molar refractivity (Wildman–Crippen MR) is 67.7 cm³/mol. The number of carbonyl (C=O) groups excluding carboxylic acids is 1. The summed E-state index contributed by atoms with van der Waals surface area (Å²) in [4.78, 5) is 24.7. The number of hydrogen-bond donors (Lipinski definition) is 1. The summed E-state index contributed by atoms with van der Waals surface area (Å²) in [5.41, 5.74) is 0.547. The van der Waals surface area contributed by atoms with Gasteiger partial charge in [0, 0.05) is 23.7 Å². The van der Waals surface area contributed by atoms with Crippen LogP contribution in [-0.4, -0.2) is 35.0 Å². The van der Waals surface area contributed by atoms with E-state index >= 15 is 0 Å². The number of piperidine rings is 1. The van der Waals surface area contributed by atoms with Gasteiger partial charge in [-0.05, 0) is 37.1 Å². The fraction of sp³-hybridized carbons (Fsp3) is 0.385. The molecule has 0 aromatic heterocycles. The number of halogens is 1. The van der Waals surface area contributed by atoms with Crippen LogP contribution in [-0.2, 0) is 4.79 Å². The molecule has 1 aliphatic heterocycles. The van der Waals surface area contributed by atoms with Crippen molar-refractivity contribution >= 4 is 23.5 Å². The fourth-order valence-corrected chi connectivity index (χ4v) is 2.26. The monoisotopic (exact) mass is 267 g/mol. The van der Waals surface area contributed by atoms with Gasteiger partial charge in [0.15, 0.2) is 0 Å². The topological polar surface area (TPSA) is 57.6 Å². The highest BCUT2D eigenvalue weighted by molar-refractivity contribution is 6.30. The van der Waals surface area contributed by atoms with Crippen molar-refractivity contribution in [1.29, 1.82) is 0 Å². The molecule has 0 saturated carbocycles. The van der Waals surface area contributed by atoms with Gasteiger partial charge in [0.05, 0.1) is 5.92 Å². The Labute approximate surface area is 110 Å². The Kier molecular flexibility index (Phi) is 3.87. The lowest BCUT2D eigenvalue weighted by molar-refractivity contribution is -0.143. The first-order valence-corrected chi connectivity index (χ1v) is 6.23. The van der Waals surface area contributed by atoms with Crippen LogP contribution in [0.25, 0.3) is 0 Å². The minimum absolute atomic E-state index is 0.127.